The Morgan fingerprint density at radius 3 is 2.50 bits per heavy atom. The largest absolute Gasteiger partial charge is 0.443 e. The molecule has 1 aliphatic rings. The van der Waals surface area contributed by atoms with Gasteiger partial charge in [0.2, 0.25) is 5.89 Å². The summed E-state index contributed by atoms with van der Waals surface area (Å²) in [4.78, 5) is 11.5. The van der Waals surface area contributed by atoms with Gasteiger partial charge in [0.25, 0.3) is 0 Å². The number of oxazole rings is 1. The molecule has 1 aromatic heterocycles. The fraction of sp³-hybridized carbons (Fsp3) is 0.789. The van der Waals surface area contributed by atoms with E-state index >= 15 is 0 Å². The van der Waals surface area contributed by atoms with E-state index in [2.05, 4.69) is 67.1 Å². The zero-order valence-corrected chi connectivity index (χ0v) is 19.5. The Kier molecular flexibility index (Phi) is 9.36. The number of rotatable bonds is 5. The maximum absolute atomic E-state index is 5.83. The molecule has 1 aliphatic heterocycles. The van der Waals surface area contributed by atoms with Crippen LogP contribution in [0.2, 0.25) is 0 Å². The highest BCUT2D eigenvalue weighted by atomic mass is 127. The van der Waals surface area contributed by atoms with E-state index in [4.69, 9.17) is 4.42 Å². The van der Waals surface area contributed by atoms with Crippen molar-refractivity contribution in [3.8, 4) is 0 Å². The molecule has 2 N–H and O–H groups in total. The third-order valence-corrected chi connectivity index (χ3v) is 4.61. The number of guanidine groups is 1. The summed E-state index contributed by atoms with van der Waals surface area (Å²) in [5, 5.41) is 6.89. The summed E-state index contributed by atoms with van der Waals surface area (Å²) in [6, 6.07) is 1.10. The number of hydrogen-bond acceptors (Lipinski definition) is 4. The molecule has 0 amide bonds. The molecule has 150 valence electrons. The highest BCUT2D eigenvalue weighted by Gasteiger charge is 2.22. The first-order valence-electron chi connectivity index (χ1n) is 9.53. The highest BCUT2D eigenvalue weighted by molar-refractivity contribution is 14.0. The summed E-state index contributed by atoms with van der Waals surface area (Å²) in [5.41, 5.74) is -0.0257. The Morgan fingerprint density at radius 1 is 1.35 bits per heavy atom. The summed E-state index contributed by atoms with van der Waals surface area (Å²) < 4.78 is 5.83. The van der Waals surface area contributed by atoms with Gasteiger partial charge in [-0.3, -0.25) is 0 Å². The second kappa shape index (κ2) is 10.5. The molecule has 0 radical (unpaired) electrons. The van der Waals surface area contributed by atoms with Crippen LogP contribution in [0.3, 0.4) is 0 Å². The van der Waals surface area contributed by atoms with Crippen molar-refractivity contribution in [2.24, 2.45) is 4.99 Å². The van der Waals surface area contributed by atoms with Gasteiger partial charge in [0, 0.05) is 37.1 Å². The van der Waals surface area contributed by atoms with Crippen molar-refractivity contribution < 1.29 is 4.42 Å². The Morgan fingerprint density at radius 2 is 2.00 bits per heavy atom. The molecule has 0 atom stereocenters. The quantitative estimate of drug-likeness (QED) is 0.386. The van der Waals surface area contributed by atoms with Crippen molar-refractivity contribution in [1.29, 1.82) is 0 Å². The average Bonchev–Trinajstić information content (AvgIpc) is 3.02. The van der Waals surface area contributed by atoms with Gasteiger partial charge in [-0.1, -0.05) is 20.8 Å². The Labute approximate surface area is 175 Å². The Bertz CT molecular complexity index is 557. The van der Waals surface area contributed by atoms with Crippen molar-refractivity contribution in [1.82, 2.24) is 20.5 Å². The van der Waals surface area contributed by atoms with E-state index in [1.165, 1.54) is 0 Å². The van der Waals surface area contributed by atoms with Crippen molar-refractivity contribution in [3.05, 3.63) is 17.8 Å². The minimum absolute atomic E-state index is 0. The third-order valence-electron chi connectivity index (χ3n) is 4.61. The fourth-order valence-corrected chi connectivity index (χ4v) is 2.95. The van der Waals surface area contributed by atoms with E-state index in [9.17, 15) is 0 Å². The number of hydrogen-bond donors (Lipinski definition) is 2. The van der Waals surface area contributed by atoms with E-state index < -0.39 is 0 Å². The summed E-state index contributed by atoms with van der Waals surface area (Å²) >= 11 is 0. The number of likely N-dealkylation sites (tertiary alicyclic amines) is 1. The zero-order valence-electron chi connectivity index (χ0n) is 17.1. The molecule has 0 aromatic carbocycles. The lowest BCUT2D eigenvalue weighted by Gasteiger charge is -2.35. The topological polar surface area (TPSA) is 65.7 Å². The van der Waals surface area contributed by atoms with Gasteiger partial charge >= 0.3 is 0 Å². The van der Waals surface area contributed by atoms with E-state index in [0.717, 1.165) is 44.2 Å². The SMILES string of the molecule is CCNC(=NCc1ncc(C(C)(C)C)o1)NC1CCN(C(C)C)CC1.I. The van der Waals surface area contributed by atoms with E-state index in [1.807, 2.05) is 6.20 Å². The van der Waals surface area contributed by atoms with Gasteiger partial charge in [-0.15, -0.1) is 24.0 Å². The lowest BCUT2D eigenvalue weighted by Crippen LogP contribution is -2.49. The minimum atomic E-state index is -0.0257. The second-order valence-corrected chi connectivity index (χ2v) is 8.11. The molecule has 2 heterocycles. The van der Waals surface area contributed by atoms with Gasteiger partial charge < -0.3 is 20.0 Å². The summed E-state index contributed by atoms with van der Waals surface area (Å²) in [5.74, 6) is 2.41. The number of aliphatic imine (C=N–C) groups is 1. The molecule has 1 fully saturated rings. The maximum Gasteiger partial charge on any atom is 0.216 e. The zero-order chi connectivity index (χ0) is 18.4. The lowest BCUT2D eigenvalue weighted by atomic mass is 9.94. The highest BCUT2D eigenvalue weighted by Crippen LogP contribution is 2.22. The van der Waals surface area contributed by atoms with E-state index in [0.29, 0.717) is 24.5 Å². The number of nitrogens with one attached hydrogen (secondary N) is 2. The van der Waals surface area contributed by atoms with Crippen molar-refractivity contribution in [3.63, 3.8) is 0 Å². The molecule has 0 spiro atoms. The predicted octanol–water partition coefficient (Wildman–Crippen LogP) is 3.52. The lowest BCUT2D eigenvalue weighted by molar-refractivity contribution is 0.167. The minimum Gasteiger partial charge on any atom is -0.443 e. The van der Waals surface area contributed by atoms with Gasteiger partial charge in [-0.2, -0.15) is 0 Å². The van der Waals surface area contributed by atoms with E-state index in [-0.39, 0.29) is 29.4 Å². The van der Waals surface area contributed by atoms with Crippen molar-refractivity contribution >= 4 is 29.9 Å². The van der Waals surface area contributed by atoms with Crippen LogP contribution in [0, 0.1) is 0 Å². The fourth-order valence-electron chi connectivity index (χ4n) is 2.95. The summed E-state index contributed by atoms with van der Waals surface area (Å²) in [7, 11) is 0. The first kappa shape index (κ1) is 23.2. The van der Waals surface area contributed by atoms with Crippen LogP contribution in [0.25, 0.3) is 0 Å². The third kappa shape index (κ3) is 7.06. The van der Waals surface area contributed by atoms with Crippen LogP contribution in [0.1, 0.15) is 66.0 Å². The van der Waals surface area contributed by atoms with Crippen LogP contribution < -0.4 is 10.6 Å². The van der Waals surface area contributed by atoms with Crippen LogP contribution in [0.15, 0.2) is 15.6 Å². The molecule has 0 bridgehead atoms. The molecule has 0 saturated carbocycles. The molecule has 0 unspecified atom stereocenters. The smallest absolute Gasteiger partial charge is 0.216 e. The van der Waals surface area contributed by atoms with Crippen LogP contribution >= 0.6 is 24.0 Å². The molecule has 0 aliphatic carbocycles. The normalized spacial score (nSPS) is 17.3. The van der Waals surface area contributed by atoms with Gasteiger partial charge in [0.15, 0.2) is 5.96 Å². The van der Waals surface area contributed by atoms with Crippen LogP contribution in [0.4, 0.5) is 0 Å². The summed E-state index contributed by atoms with van der Waals surface area (Å²) in [6.45, 7) is 16.6. The number of halogens is 1. The van der Waals surface area contributed by atoms with Crippen molar-refractivity contribution in [2.45, 2.75) is 78.4 Å². The monoisotopic (exact) mass is 477 g/mol. The summed E-state index contributed by atoms with van der Waals surface area (Å²) in [6.07, 6.45) is 4.11. The molecular formula is C19H36IN5O. The standard InChI is InChI=1S/C19H35N5O.HI/c1-7-20-18(23-15-8-10-24(11-9-15)14(2)3)22-13-17-21-12-16(25-17)19(4,5)6;/h12,14-15H,7-11,13H2,1-6H3,(H2,20,22,23);1H. The van der Waals surface area contributed by atoms with Gasteiger partial charge in [-0.05, 0) is 33.6 Å². The molecular weight excluding hydrogens is 441 g/mol. The first-order valence-corrected chi connectivity index (χ1v) is 9.53. The molecule has 1 saturated heterocycles. The Balaban J connectivity index is 0.00000338. The number of piperidine rings is 1. The van der Waals surface area contributed by atoms with E-state index in [1.54, 1.807) is 0 Å². The van der Waals surface area contributed by atoms with Crippen LogP contribution in [-0.2, 0) is 12.0 Å². The molecule has 1 aromatic rings. The van der Waals surface area contributed by atoms with Gasteiger partial charge in [-0.25, -0.2) is 9.98 Å². The molecule has 6 nitrogen and oxygen atoms in total. The predicted molar refractivity (Wildman–Crippen MR) is 118 cm³/mol. The van der Waals surface area contributed by atoms with Crippen LogP contribution in [-0.4, -0.2) is 47.6 Å². The number of nitrogens with zero attached hydrogens (tertiary/aromatic N) is 3. The molecule has 2 rings (SSSR count). The molecule has 7 heteroatoms. The average molecular weight is 477 g/mol. The maximum atomic E-state index is 5.83. The Hall–Kier alpha value is -0.830. The number of aromatic nitrogens is 1. The van der Waals surface area contributed by atoms with Gasteiger partial charge in [0.1, 0.15) is 12.3 Å². The van der Waals surface area contributed by atoms with Gasteiger partial charge in [0.05, 0.1) is 6.20 Å². The van der Waals surface area contributed by atoms with Crippen LogP contribution in [0.5, 0.6) is 0 Å². The molecule has 26 heavy (non-hydrogen) atoms. The first-order chi connectivity index (χ1) is 11.8. The second-order valence-electron chi connectivity index (χ2n) is 8.11. The van der Waals surface area contributed by atoms with Crippen molar-refractivity contribution in [2.75, 3.05) is 19.6 Å².